The molecular formula is C25H32N2O5. The first-order valence-electron chi connectivity index (χ1n) is 10.7. The Hall–Kier alpha value is -3.22. The second-order valence-electron chi connectivity index (χ2n) is 9.77. The maximum Gasteiger partial charge on any atom is 0.412 e. The average Bonchev–Trinajstić information content (AvgIpc) is 2.68. The molecule has 0 fully saturated rings. The third-order valence-electron chi connectivity index (χ3n) is 4.85. The highest BCUT2D eigenvalue weighted by Gasteiger charge is 2.26. The highest BCUT2D eigenvalue weighted by molar-refractivity contribution is 5.99. The van der Waals surface area contributed by atoms with Crippen LogP contribution < -0.4 is 19.7 Å². The Kier molecular flexibility index (Phi) is 6.67. The maximum atomic E-state index is 12.5. The SMILES string of the molecule is CC(C)(C)OC(=O)Nc1ccc2c(c1)N(CCOc1ccc(C(C)(C)C)cc1)C(=O)CO2. The molecular weight excluding hydrogens is 408 g/mol. The molecule has 1 aliphatic heterocycles. The van der Waals surface area contributed by atoms with Crippen molar-refractivity contribution in [3.05, 3.63) is 48.0 Å². The summed E-state index contributed by atoms with van der Waals surface area (Å²) in [4.78, 5) is 26.2. The topological polar surface area (TPSA) is 77.1 Å². The molecule has 2 aromatic rings. The summed E-state index contributed by atoms with van der Waals surface area (Å²) in [6, 6.07) is 13.1. The van der Waals surface area contributed by atoms with E-state index in [1.807, 2.05) is 12.1 Å². The third kappa shape index (κ3) is 6.15. The number of carbonyl (C=O) groups is 2. The zero-order valence-electron chi connectivity index (χ0n) is 19.7. The molecule has 7 heteroatoms. The Bertz CT molecular complexity index is 971. The van der Waals surface area contributed by atoms with Gasteiger partial charge in [-0.05, 0) is 62.1 Å². The molecule has 0 aromatic heterocycles. The van der Waals surface area contributed by atoms with Crippen molar-refractivity contribution < 1.29 is 23.8 Å². The minimum Gasteiger partial charge on any atom is -0.492 e. The van der Waals surface area contributed by atoms with Gasteiger partial charge in [0.1, 0.15) is 23.7 Å². The summed E-state index contributed by atoms with van der Waals surface area (Å²) in [6.07, 6.45) is -0.561. The first-order chi connectivity index (χ1) is 14.9. The Morgan fingerprint density at radius 2 is 1.75 bits per heavy atom. The largest absolute Gasteiger partial charge is 0.492 e. The van der Waals surface area contributed by atoms with E-state index in [9.17, 15) is 9.59 Å². The summed E-state index contributed by atoms with van der Waals surface area (Å²) < 4.78 is 16.7. The molecule has 7 nitrogen and oxygen atoms in total. The fraction of sp³-hybridized carbons (Fsp3) is 0.440. The van der Waals surface area contributed by atoms with Crippen LogP contribution >= 0.6 is 0 Å². The van der Waals surface area contributed by atoms with E-state index in [2.05, 4.69) is 38.2 Å². The van der Waals surface area contributed by atoms with Crippen LogP contribution in [-0.2, 0) is 14.9 Å². The third-order valence-corrected chi connectivity index (χ3v) is 4.85. The van der Waals surface area contributed by atoms with Crippen LogP contribution in [0.15, 0.2) is 42.5 Å². The lowest BCUT2D eigenvalue weighted by Crippen LogP contribution is -2.41. The maximum absolute atomic E-state index is 12.5. The molecule has 172 valence electrons. The van der Waals surface area contributed by atoms with Crippen molar-refractivity contribution in [2.24, 2.45) is 0 Å². The first-order valence-corrected chi connectivity index (χ1v) is 10.7. The molecule has 0 bridgehead atoms. The lowest BCUT2D eigenvalue weighted by Gasteiger charge is -2.30. The van der Waals surface area contributed by atoms with Crippen LogP contribution in [0.3, 0.4) is 0 Å². The molecule has 0 spiro atoms. The van der Waals surface area contributed by atoms with Crippen LogP contribution in [0.4, 0.5) is 16.2 Å². The number of nitrogens with zero attached hydrogens (tertiary/aromatic N) is 1. The van der Waals surface area contributed by atoms with Crippen LogP contribution in [0.2, 0.25) is 0 Å². The van der Waals surface area contributed by atoms with Crippen molar-refractivity contribution >= 4 is 23.4 Å². The number of anilines is 2. The van der Waals surface area contributed by atoms with E-state index in [0.29, 0.717) is 30.3 Å². The highest BCUT2D eigenvalue weighted by atomic mass is 16.6. The summed E-state index contributed by atoms with van der Waals surface area (Å²) >= 11 is 0. The molecule has 3 rings (SSSR count). The fourth-order valence-electron chi connectivity index (χ4n) is 3.25. The minimum atomic E-state index is -0.605. The van der Waals surface area contributed by atoms with E-state index in [-0.39, 0.29) is 17.9 Å². The quantitative estimate of drug-likeness (QED) is 0.697. The Balaban J connectivity index is 1.66. The van der Waals surface area contributed by atoms with Gasteiger partial charge in [0, 0.05) is 5.69 Å². The predicted octanol–water partition coefficient (Wildman–Crippen LogP) is 5.14. The zero-order chi connectivity index (χ0) is 23.5. The second kappa shape index (κ2) is 9.10. The van der Waals surface area contributed by atoms with Gasteiger partial charge in [0.05, 0.1) is 12.2 Å². The van der Waals surface area contributed by atoms with Gasteiger partial charge in [-0.3, -0.25) is 10.1 Å². The number of rotatable bonds is 5. The van der Waals surface area contributed by atoms with Gasteiger partial charge in [-0.2, -0.15) is 0 Å². The number of carbonyl (C=O) groups excluding carboxylic acids is 2. The van der Waals surface area contributed by atoms with Crippen molar-refractivity contribution in [2.45, 2.75) is 52.6 Å². The molecule has 0 unspecified atom stereocenters. The summed E-state index contributed by atoms with van der Waals surface area (Å²) in [7, 11) is 0. The number of hydrogen-bond acceptors (Lipinski definition) is 5. The van der Waals surface area contributed by atoms with E-state index >= 15 is 0 Å². The zero-order valence-corrected chi connectivity index (χ0v) is 19.7. The van der Waals surface area contributed by atoms with Crippen LogP contribution in [0.5, 0.6) is 11.5 Å². The molecule has 0 saturated carbocycles. The number of nitrogens with one attached hydrogen (secondary N) is 1. The van der Waals surface area contributed by atoms with Gasteiger partial charge in [-0.1, -0.05) is 32.9 Å². The van der Waals surface area contributed by atoms with Crippen LogP contribution in [-0.4, -0.2) is 37.4 Å². The molecule has 1 heterocycles. The molecule has 0 aliphatic carbocycles. The van der Waals surface area contributed by atoms with Crippen molar-refractivity contribution in [2.75, 3.05) is 30.0 Å². The minimum absolute atomic E-state index is 0.0356. The smallest absolute Gasteiger partial charge is 0.412 e. The van der Waals surface area contributed by atoms with Gasteiger partial charge >= 0.3 is 6.09 Å². The summed E-state index contributed by atoms with van der Waals surface area (Å²) in [5, 5.41) is 2.70. The fourth-order valence-corrected chi connectivity index (χ4v) is 3.25. The predicted molar refractivity (Wildman–Crippen MR) is 125 cm³/mol. The Labute approximate surface area is 189 Å². The number of amides is 2. The summed E-state index contributed by atoms with van der Waals surface area (Å²) in [6.45, 7) is 12.5. The van der Waals surface area contributed by atoms with Gasteiger partial charge in [0.25, 0.3) is 5.91 Å². The molecule has 0 saturated heterocycles. The lowest BCUT2D eigenvalue weighted by atomic mass is 9.87. The molecule has 1 aliphatic rings. The second-order valence-corrected chi connectivity index (χ2v) is 9.77. The Morgan fingerprint density at radius 1 is 1.06 bits per heavy atom. The molecule has 2 amide bonds. The average molecular weight is 441 g/mol. The van der Waals surface area contributed by atoms with Gasteiger partial charge < -0.3 is 19.1 Å². The van der Waals surface area contributed by atoms with Crippen molar-refractivity contribution in [3.8, 4) is 11.5 Å². The summed E-state index contributed by atoms with van der Waals surface area (Å²) in [5.41, 5.74) is 1.80. The Morgan fingerprint density at radius 3 is 2.38 bits per heavy atom. The molecule has 0 atom stereocenters. The highest BCUT2D eigenvalue weighted by Crippen LogP contribution is 2.34. The normalized spacial score (nSPS) is 13.8. The van der Waals surface area contributed by atoms with E-state index in [4.69, 9.17) is 14.2 Å². The van der Waals surface area contributed by atoms with Crippen LogP contribution in [0.1, 0.15) is 47.1 Å². The van der Waals surface area contributed by atoms with Crippen LogP contribution in [0.25, 0.3) is 0 Å². The first kappa shape index (κ1) is 23.4. The van der Waals surface area contributed by atoms with Crippen molar-refractivity contribution in [3.63, 3.8) is 0 Å². The van der Waals surface area contributed by atoms with E-state index in [0.717, 1.165) is 5.75 Å². The van der Waals surface area contributed by atoms with Gasteiger partial charge in [0.15, 0.2) is 6.61 Å². The number of benzene rings is 2. The molecule has 0 radical (unpaired) electrons. The van der Waals surface area contributed by atoms with Gasteiger partial charge in [-0.25, -0.2) is 4.79 Å². The van der Waals surface area contributed by atoms with Crippen LogP contribution in [0, 0.1) is 0 Å². The monoisotopic (exact) mass is 440 g/mol. The van der Waals surface area contributed by atoms with E-state index in [1.165, 1.54) is 5.56 Å². The standard InChI is InChI=1S/C25H32N2O5/c1-24(2,3)17-7-10-19(11-8-17)30-14-13-27-20-15-18(26-23(29)32-25(4,5)6)9-12-21(20)31-16-22(27)28/h7-12,15H,13-14,16H2,1-6H3,(H,26,29). The number of fused-ring (bicyclic) bond motifs is 1. The molecule has 1 N–H and O–H groups in total. The van der Waals surface area contributed by atoms with Crippen molar-refractivity contribution in [1.82, 2.24) is 0 Å². The van der Waals surface area contributed by atoms with Gasteiger partial charge in [0.2, 0.25) is 0 Å². The molecule has 2 aromatic carbocycles. The number of hydrogen-bond donors (Lipinski definition) is 1. The lowest BCUT2D eigenvalue weighted by molar-refractivity contribution is -0.121. The number of ether oxygens (including phenoxy) is 3. The molecule has 32 heavy (non-hydrogen) atoms. The van der Waals surface area contributed by atoms with E-state index in [1.54, 1.807) is 43.9 Å². The summed E-state index contributed by atoms with van der Waals surface area (Å²) in [5.74, 6) is 1.16. The van der Waals surface area contributed by atoms with Gasteiger partial charge in [-0.15, -0.1) is 0 Å². The van der Waals surface area contributed by atoms with Crippen molar-refractivity contribution in [1.29, 1.82) is 0 Å². The van der Waals surface area contributed by atoms with E-state index < -0.39 is 11.7 Å².